The van der Waals surface area contributed by atoms with E-state index < -0.39 is 0 Å². The number of aromatic amines is 1. The maximum Gasteiger partial charge on any atom is 0.291 e. The molecule has 0 saturated heterocycles. The number of nitrogens with one attached hydrogen (secondary N) is 1. The second-order valence-corrected chi connectivity index (χ2v) is 4.64. The van der Waals surface area contributed by atoms with Crippen molar-refractivity contribution in [2.24, 2.45) is 0 Å². The van der Waals surface area contributed by atoms with E-state index in [9.17, 15) is 4.79 Å². The molecule has 0 radical (unpaired) electrons. The second kappa shape index (κ2) is 5.32. The third-order valence-electron chi connectivity index (χ3n) is 3.44. The predicted molar refractivity (Wildman–Crippen MR) is 83.1 cm³/mol. The molecule has 0 aliphatic rings. The molecule has 0 spiro atoms. The van der Waals surface area contributed by atoms with Crippen molar-refractivity contribution in [3.63, 3.8) is 0 Å². The molecule has 1 heterocycles. The zero-order chi connectivity index (χ0) is 14.8. The molecule has 0 amide bonds. The number of hydrogen-bond donors (Lipinski definition) is 1. The second-order valence-electron chi connectivity index (χ2n) is 4.64. The maximum atomic E-state index is 12.2. The molecule has 106 valence electrons. The highest BCUT2D eigenvalue weighted by Crippen LogP contribution is 2.34. The molecule has 2 aromatic carbocycles. The summed E-state index contributed by atoms with van der Waals surface area (Å²) < 4.78 is 10.6. The Hall–Kier alpha value is -2.75. The fourth-order valence-corrected chi connectivity index (χ4v) is 2.48. The largest absolute Gasteiger partial charge is 0.497 e. The number of fused-ring (bicyclic) bond motifs is 1. The lowest BCUT2D eigenvalue weighted by atomic mass is 10.00. The number of para-hydroxylation sites is 1. The first-order chi connectivity index (χ1) is 10.2. The monoisotopic (exact) mass is 281 g/mol. The van der Waals surface area contributed by atoms with E-state index in [1.807, 2.05) is 48.5 Å². The number of aromatic nitrogens is 1. The average Bonchev–Trinajstić information content (AvgIpc) is 2.53. The van der Waals surface area contributed by atoms with Crippen LogP contribution < -0.4 is 15.0 Å². The number of H-pyrrole nitrogens is 1. The van der Waals surface area contributed by atoms with Crippen LogP contribution in [0.15, 0.2) is 53.3 Å². The Bertz CT molecular complexity index is 852. The topological polar surface area (TPSA) is 51.3 Å². The molecule has 0 aliphatic carbocycles. The summed E-state index contributed by atoms with van der Waals surface area (Å²) in [6.45, 7) is 0. The standard InChI is InChI=1S/C17H15NO3/c1-20-12-7-5-6-11(10-12)15-13-8-3-4-9-14(13)18-17(19)16(15)21-2/h3-10H,1-2H3,(H,18,19). The van der Waals surface area contributed by atoms with Gasteiger partial charge in [0.05, 0.1) is 14.2 Å². The summed E-state index contributed by atoms with van der Waals surface area (Å²) in [5, 5.41) is 0.933. The van der Waals surface area contributed by atoms with Crippen molar-refractivity contribution in [1.82, 2.24) is 4.98 Å². The lowest BCUT2D eigenvalue weighted by Gasteiger charge is -2.12. The van der Waals surface area contributed by atoms with Crippen molar-refractivity contribution in [3.8, 4) is 22.6 Å². The third kappa shape index (κ3) is 2.25. The summed E-state index contributed by atoms with van der Waals surface area (Å²) in [5.41, 5.74) is 2.19. The van der Waals surface area contributed by atoms with E-state index in [4.69, 9.17) is 9.47 Å². The van der Waals surface area contributed by atoms with Crippen molar-refractivity contribution in [2.75, 3.05) is 14.2 Å². The average molecular weight is 281 g/mol. The summed E-state index contributed by atoms with van der Waals surface area (Å²) in [6, 6.07) is 15.2. The SMILES string of the molecule is COc1cccc(-c2c(OC)c(=O)[nH]c3ccccc23)c1. The van der Waals surface area contributed by atoms with E-state index in [-0.39, 0.29) is 5.56 Å². The Morgan fingerprint density at radius 2 is 1.76 bits per heavy atom. The van der Waals surface area contributed by atoms with Crippen LogP contribution in [0.2, 0.25) is 0 Å². The number of methoxy groups -OCH3 is 2. The first-order valence-electron chi connectivity index (χ1n) is 6.58. The van der Waals surface area contributed by atoms with Gasteiger partial charge in [-0.2, -0.15) is 0 Å². The van der Waals surface area contributed by atoms with Crippen molar-refractivity contribution < 1.29 is 9.47 Å². The molecule has 0 fully saturated rings. The van der Waals surface area contributed by atoms with Gasteiger partial charge in [-0.1, -0.05) is 30.3 Å². The summed E-state index contributed by atoms with van der Waals surface area (Å²) in [7, 11) is 3.12. The van der Waals surface area contributed by atoms with Crippen LogP contribution in [0, 0.1) is 0 Å². The minimum absolute atomic E-state index is 0.242. The lowest BCUT2D eigenvalue weighted by Crippen LogP contribution is -2.11. The molecular formula is C17H15NO3. The van der Waals surface area contributed by atoms with E-state index in [0.29, 0.717) is 5.75 Å². The molecule has 0 bridgehead atoms. The van der Waals surface area contributed by atoms with Crippen LogP contribution in [0.5, 0.6) is 11.5 Å². The minimum Gasteiger partial charge on any atom is -0.497 e. The fourth-order valence-electron chi connectivity index (χ4n) is 2.48. The fraction of sp³-hybridized carbons (Fsp3) is 0.118. The van der Waals surface area contributed by atoms with Crippen molar-refractivity contribution in [1.29, 1.82) is 0 Å². The van der Waals surface area contributed by atoms with Gasteiger partial charge in [-0.3, -0.25) is 4.79 Å². The molecule has 0 atom stereocenters. The van der Waals surface area contributed by atoms with Gasteiger partial charge in [0.25, 0.3) is 5.56 Å². The molecule has 0 aliphatic heterocycles. The van der Waals surface area contributed by atoms with Gasteiger partial charge in [0.2, 0.25) is 0 Å². The van der Waals surface area contributed by atoms with Gasteiger partial charge >= 0.3 is 0 Å². The van der Waals surface area contributed by atoms with Crippen LogP contribution in [0.3, 0.4) is 0 Å². The van der Waals surface area contributed by atoms with Crippen LogP contribution in [0.25, 0.3) is 22.0 Å². The summed E-state index contributed by atoms with van der Waals surface area (Å²) in [5.74, 6) is 1.04. The van der Waals surface area contributed by atoms with Crippen LogP contribution in [0.1, 0.15) is 0 Å². The predicted octanol–water partition coefficient (Wildman–Crippen LogP) is 3.21. The molecule has 4 nitrogen and oxygen atoms in total. The van der Waals surface area contributed by atoms with Gasteiger partial charge < -0.3 is 14.5 Å². The molecule has 3 rings (SSSR count). The van der Waals surface area contributed by atoms with Crippen LogP contribution in [-0.2, 0) is 0 Å². The van der Waals surface area contributed by atoms with E-state index in [0.717, 1.165) is 27.8 Å². The van der Waals surface area contributed by atoms with Crippen LogP contribution >= 0.6 is 0 Å². The molecular weight excluding hydrogens is 266 g/mol. The molecule has 1 N–H and O–H groups in total. The number of benzene rings is 2. The van der Waals surface area contributed by atoms with Gasteiger partial charge in [-0.25, -0.2) is 0 Å². The number of pyridine rings is 1. The zero-order valence-corrected chi connectivity index (χ0v) is 11.8. The number of ether oxygens (including phenoxy) is 2. The Balaban J connectivity index is 2.41. The highest BCUT2D eigenvalue weighted by atomic mass is 16.5. The maximum absolute atomic E-state index is 12.2. The Kier molecular flexibility index (Phi) is 3.36. The smallest absolute Gasteiger partial charge is 0.291 e. The quantitative estimate of drug-likeness (QED) is 0.802. The highest BCUT2D eigenvalue weighted by molar-refractivity contribution is 5.97. The molecule has 0 saturated carbocycles. The van der Waals surface area contributed by atoms with E-state index in [2.05, 4.69) is 4.98 Å². The van der Waals surface area contributed by atoms with Crippen molar-refractivity contribution in [2.45, 2.75) is 0 Å². The van der Waals surface area contributed by atoms with E-state index in [1.54, 1.807) is 7.11 Å². The molecule has 0 unspecified atom stereocenters. The van der Waals surface area contributed by atoms with Crippen molar-refractivity contribution in [3.05, 3.63) is 58.9 Å². The highest BCUT2D eigenvalue weighted by Gasteiger charge is 2.15. The first-order valence-corrected chi connectivity index (χ1v) is 6.58. The van der Waals surface area contributed by atoms with Crippen LogP contribution in [0.4, 0.5) is 0 Å². The van der Waals surface area contributed by atoms with Gasteiger partial charge in [0.15, 0.2) is 5.75 Å². The normalized spacial score (nSPS) is 10.6. The Morgan fingerprint density at radius 1 is 0.952 bits per heavy atom. The minimum atomic E-state index is -0.242. The number of hydrogen-bond acceptors (Lipinski definition) is 3. The summed E-state index contributed by atoms with van der Waals surface area (Å²) >= 11 is 0. The van der Waals surface area contributed by atoms with Gasteiger partial charge in [-0.05, 0) is 23.8 Å². The van der Waals surface area contributed by atoms with Crippen LogP contribution in [-0.4, -0.2) is 19.2 Å². The van der Waals surface area contributed by atoms with Crippen molar-refractivity contribution >= 4 is 10.9 Å². The molecule has 21 heavy (non-hydrogen) atoms. The van der Waals surface area contributed by atoms with Gasteiger partial charge in [-0.15, -0.1) is 0 Å². The van der Waals surface area contributed by atoms with E-state index in [1.165, 1.54) is 7.11 Å². The van der Waals surface area contributed by atoms with E-state index >= 15 is 0 Å². The Labute approximate surface area is 122 Å². The number of rotatable bonds is 3. The molecule has 4 heteroatoms. The first kappa shape index (κ1) is 13.2. The summed E-state index contributed by atoms with van der Waals surface area (Å²) in [4.78, 5) is 15.0. The zero-order valence-electron chi connectivity index (χ0n) is 11.8. The van der Waals surface area contributed by atoms with Gasteiger partial charge in [0, 0.05) is 16.5 Å². The lowest BCUT2D eigenvalue weighted by molar-refractivity contribution is 0.410. The molecule has 3 aromatic rings. The summed E-state index contributed by atoms with van der Waals surface area (Å²) in [6.07, 6.45) is 0. The Morgan fingerprint density at radius 3 is 2.52 bits per heavy atom. The molecule has 1 aromatic heterocycles. The third-order valence-corrected chi connectivity index (χ3v) is 3.44. The van der Waals surface area contributed by atoms with Gasteiger partial charge in [0.1, 0.15) is 5.75 Å².